The largest absolute Gasteiger partial charge is 0.491 e. The van der Waals surface area contributed by atoms with Crippen molar-refractivity contribution in [3.63, 3.8) is 0 Å². The van der Waals surface area contributed by atoms with Gasteiger partial charge in [0.05, 0.1) is 16.8 Å². The number of carboxylic acids is 1. The van der Waals surface area contributed by atoms with Crippen LogP contribution in [0.3, 0.4) is 0 Å². The molecule has 0 bridgehead atoms. The van der Waals surface area contributed by atoms with Crippen LogP contribution < -0.4 is 11.1 Å². The van der Waals surface area contributed by atoms with E-state index in [4.69, 9.17) is 15.0 Å². The lowest BCUT2D eigenvalue weighted by Gasteiger charge is -2.32. The molecule has 1 aromatic carbocycles. The Morgan fingerprint density at radius 1 is 1.25 bits per heavy atom. The van der Waals surface area contributed by atoms with Crippen molar-refractivity contribution in [1.29, 1.82) is 0 Å². The number of anilines is 1. The number of nitrogens with two attached hydrogens (primary N) is 1. The van der Waals surface area contributed by atoms with Crippen molar-refractivity contribution >= 4 is 24.9 Å². The maximum absolute atomic E-state index is 11.2. The van der Waals surface area contributed by atoms with E-state index in [1.54, 1.807) is 12.1 Å². The van der Waals surface area contributed by atoms with Crippen LogP contribution in [0.25, 0.3) is 6.08 Å². The van der Waals surface area contributed by atoms with Gasteiger partial charge in [0.2, 0.25) is 0 Å². The quantitative estimate of drug-likeness (QED) is 0.565. The fraction of sp³-hybridized carbons (Fsp3) is 0.471. The van der Waals surface area contributed by atoms with Gasteiger partial charge < -0.3 is 25.5 Å². The highest BCUT2D eigenvalue weighted by Gasteiger charge is 2.52. The van der Waals surface area contributed by atoms with Gasteiger partial charge in [-0.15, -0.1) is 0 Å². The Labute approximate surface area is 143 Å². The van der Waals surface area contributed by atoms with E-state index in [1.165, 1.54) is 6.07 Å². The van der Waals surface area contributed by atoms with Gasteiger partial charge in [-0.25, -0.2) is 4.79 Å². The van der Waals surface area contributed by atoms with Crippen molar-refractivity contribution in [2.75, 3.05) is 19.3 Å². The molecule has 1 heterocycles. The Balaban J connectivity index is 2.38. The molecule has 0 amide bonds. The molecule has 0 atom stereocenters. The Morgan fingerprint density at radius 3 is 2.33 bits per heavy atom. The van der Waals surface area contributed by atoms with Crippen LogP contribution in [0.5, 0.6) is 0 Å². The standard InChI is InChI=1S/C17H25BN2O4/c1-16(2)17(3,4)24-18(23-16)13(10-20-5)7-11-6-12(15(21)22)9-14(19)8-11/h6-9,20H,10,19H2,1-5H3,(H,21,22). The average molecular weight is 332 g/mol. The minimum Gasteiger partial charge on any atom is -0.478 e. The second-order valence-electron chi connectivity index (χ2n) is 7.03. The van der Waals surface area contributed by atoms with Gasteiger partial charge in [0.15, 0.2) is 0 Å². The number of nitrogens with one attached hydrogen (secondary N) is 1. The monoisotopic (exact) mass is 332 g/mol. The van der Waals surface area contributed by atoms with Gasteiger partial charge in [-0.3, -0.25) is 0 Å². The fourth-order valence-electron chi connectivity index (χ4n) is 2.50. The van der Waals surface area contributed by atoms with Crippen molar-refractivity contribution < 1.29 is 19.2 Å². The molecule has 0 aliphatic carbocycles. The molecule has 0 spiro atoms. The topological polar surface area (TPSA) is 93.8 Å². The molecule has 6 nitrogen and oxygen atoms in total. The summed E-state index contributed by atoms with van der Waals surface area (Å²) in [6.45, 7) is 8.52. The molecule has 0 radical (unpaired) electrons. The van der Waals surface area contributed by atoms with E-state index in [0.29, 0.717) is 17.8 Å². The third-order valence-corrected chi connectivity index (χ3v) is 4.51. The first-order valence-electron chi connectivity index (χ1n) is 7.90. The van der Waals surface area contributed by atoms with Crippen molar-refractivity contribution in [3.8, 4) is 0 Å². The molecular weight excluding hydrogens is 307 g/mol. The summed E-state index contributed by atoms with van der Waals surface area (Å²) in [4.78, 5) is 11.2. The van der Waals surface area contributed by atoms with E-state index in [-0.39, 0.29) is 5.56 Å². The molecule has 0 aromatic heterocycles. The number of carboxylic acid groups (broad SMARTS) is 1. The Bertz CT molecular complexity index is 655. The summed E-state index contributed by atoms with van der Waals surface area (Å²) in [6, 6.07) is 4.75. The van der Waals surface area contributed by atoms with Crippen LogP contribution in [0, 0.1) is 0 Å². The number of nitrogen functional groups attached to an aromatic ring is 1. The Hall–Kier alpha value is -1.83. The normalized spacial score (nSPS) is 19.5. The summed E-state index contributed by atoms with van der Waals surface area (Å²) in [7, 11) is 1.33. The van der Waals surface area contributed by atoms with Crippen LogP contribution in [-0.2, 0) is 9.31 Å². The first-order valence-corrected chi connectivity index (χ1v) is 7.90. The first-order chi connectivity index (χ1) is 11.1. The van der Waals surface area contributed by atoms with Crippen molar-refractivity contribution in [3.05, 3.63) is 34.8 Å². The second kappa shape index (κ2) is 6.59. The lowest BCUT2D eigenvalue weighted by Crippen LogP contribution is -2.41. The van der Waals surface area contributed by atoms with Gasteiger partial charge in [0.25, 0.3) is 0 Å². The van der Waals surface area contributed by atoms with Gasteiger partial charge in [-0.05, 0) is 64.0 Å². The number of benzene rings is 1. The van der Waals surface area contributed by atoms with Crippen LogP contribution in [0.15, 0.2) is 23.7 Å². The maximum Gasteiger partial charge on any atom is 0.491 e. The highest BCUT2D eigenvalue weighted by Crippen LogP contribution is 2.38. The number of rotatable bonds is 5. The van der Waals surface area contributed by atoms with E-state index in [0.717, 1.165) is 5.47 Å². The number of carbonyl (C=O) groups is 1. The fourth-order valence-corrected chi connectivity index (χ4v) is 2.50. The van der Waals surface area contributed by atoms with Crippen LogP contribution in [0.4, 0.5) is 5.69 Å². The van der Waals surface area contributed by atoms with Crippen molar-refractivity contribution in [2.45, 2.75) is 38.9 Å². The number of hydrogen-bond acceptors (Lipinski definition) is 5. The van der Waals surface area contributed by atoms with Crippen molar-refractivity contribution in [2.24, 2.45) is 0 Å². The number of aromatic carboxylic acids is 1. The predicted octanol–water partition coefficient (Wildman–Crippen LogP) is 2.20. The third kappa shape index (κ3) is 3.80. The molecule has 4 N–H and O–H groups in total. The smallest absolute Gasteiger partial charge is 0.478 e. The van der Waals surface area contributed by atoms with Crippen LogP contribution in [0.1, 0.15) is 43.6 Å². The van der Waals surface area contributed by atoms with E-state index in [9.17, 15) is 9.90 Å². The van der Waals surface area contributed by atoms with Crippen LogP contribution >= 0.6 is 0 Å². The van der Waals surface area contributed by atoms with E-state index < -0.39 is 24.3 Å². The highest BCUT2D eigenvalue weighted by atomic mass is 16.7. The zero-order chi connectivity index (χ0) is 18.1. The zero-order valence-electron chi connectivity index (χ0n) is 14.8. The highest BCUT2D eigenvalue weighted by molar-refractivity contribution is 6.55. The summed E-state index contributed by atoms with van der Waals surface area (Å²) < 4.78 is 12.2. The van der Waals surface area contributed by atoms with Gasteiger partial charge in [-0.2, -0.15) is 0 Å². The molecule has 24 heavy (non-hydrogen) atoms. The van der Waals surface area contributed by atoms with Crippen LogP contribution in [0.2, 0.25) is 0 Å². The SMILES string of the molecule is CNCC(=Cc1cc(N)cc(C(=O)O)c1)B1OC(C)(C)C(C)(C)O1. The molecule has 0 unspecified atom stereocenters. The van der Waals surface area contributed by atoms with Gasteiger partial charge in [0, 0.05) is 12.2 Å². The van der Waals surface area contributed by atoms with Gasteiger partial charge in [0.1, 0.15) is 0 Å². The first kappa shape index (κ1) is 18.5. The Morgan fingerprint density at radius 2 is 1.83 bits per heavy atom. The minimum atomic E-state index is -1.01. The summed E-state index contributed by atoms with van der Waals surface area (Å²) in [5.41, 5.74) is 7.07. The number of hydrogen-bond donors (Lipinski definition) is 3. The van der Waals surface area contributed by atoms with E-state index in [1.807, 2.05) is 40.8 Å². The lowest BCUT2D eigenvalue weighted by atomic mass is 9.77. The van der Waals surface area contributed by atoms with Crippen LogP contribution in [-0.4, -0.2) is 43.0 Å². The molecule has 1 saturated heterocycles. The van der Waals surface area contributed by atoms with Gasteiger partial charge >= 0.3 is 13.1 Å². The second-order valence-corrected chi connectivity index (χ2v) is 7.03. The summed E-state index contributed by atoms with van der Waals surface area (Å²) in [6.07, 6.45) is 1.86. The summed E-state index contributed by atoms with van der Waals surface area (Å²) in [5.74, 6) is -1.01. The van der Waals surface area contributed by atoms with Crippen molar-refractivity contribution in [1.82, 2.24) is 5.32 Å². The van der Waals surface area contributed by atoms with E-state index >= 15 is 0 Å². The maximum atomic E-state index is 11.2. The molecule has 0 saturated carbocycles. The third-order valence-electron chi connectivity index (χ3n) is 4.51. The average Bonchev–Trinajstić information content (AvgIpc) is 2.66. The molecule has 1 aliphatic rings. The minimum absolute atomic E-state index is 0.152. The van der Waals surface area contributed by atoms with E-state index in [2.05, 4.69) is 5.32 Å². The molecule has 1 aromatic rings. The summed E-state index contributed by atoms with van der Waals surface area (Å²) >= 11 is 0. The Kier molecular flexibility index (Phi) is 5.08. The zero-order valence-corrected chi connectivity index (χ0v) is 14.8. The molecule has 7 heteroatoms. The molecular formula is C17H25BN2O4. The van der Waals surface area contributed by atoms with Gasteiger partial charge in [-0.1, -0.05) is 6.08 Å². The summed E-state index contributed by atoms with van der Waals surface area (Å²) in [5, 5.41) is 12.3. The number of likely N-dealkylation sites (N-methyl/N-ethyl adjacent to an activating group) is 1. The molecule has 130 valence electrons. The molecule has 1 aliphatic heterocycles. The molecule has 2 rings (SSSR count). The molecule has 1 fully saturated rings. The lowest BCUT2D eigenvalue weighted by molar-refractivity contribution is 0.00578. The predicted molar refractivity (Wildman–Crippen MR) is 95.8 cm³/mol.